The molecule has 0 fully saturated rings. The van der Waals surface area contributed by atoms with Crippen LogP contribution in [0.15, 0.2) is 28.7 Å². The molecule has 0 atom stereocenters. The van der Waals surface area contributed by atoms with Gasteiger partial charge in [0, 0.05) is 5.56 Å². The lowest BCUT2D eigenvalue weighted by Gasteiger charge is -2.18. The van der Waals surface area contributed by atoms with Crippen molar-refractivity contribution in [3.8, 4) is 11.3 Å². The van der Waals surface area contributed by atoms with Gasteiger partial charge in [0.25, 0.3) is 4.84 Å². The average Bonchev–Trinajstić information content (AvgIpc) is 2.57. The second kappa shape index (κ2) is 4.15. The van der Waals surface area contributed by atoms with Gasteiger partial charge in [0.15, 0.2) is 5.76 Å². The van der Waals surface area contributed by atoms with Crippen molar-refractivity contribution in [3.63, 3.8) is 0 Å². The number of aromatic nitrogens is 1. The van der Waals surface area contributed by atoms with Crippen LogP contribution in [0, 0.1) is 11.8 Å². The van der Waals surface area contributed by atoms with Gasteiger partial charge in [-0.25, -0.2) is 0 Å². The molecule has 0 saturated carbocycles. The fourth-order valence-corrected chi connectivity index (χ4v) is 2.04. The zero-order valence-electron chi connectivity index (χ0n) is 10.6. The molecule has 0 unspecified atom stereocenters. The molecule has 1 aromatic carbocycles. The van der Waals surface area contributed by atoms with Crippen LogP contribution in [0.4, 0.5) is 0 Å². The summed E-state index contributed by atoms with van der Waals surface area (Å²) in [5, 5.41) is 0. The predicted octanol–water partition coefficient (Wildman–Crippen LogP) is 4.61. The molecule has 0 saturated heterocycles. The van der Waals surface area contributed by atoms with Crippen LogP contribution in [0.5, 0.6) is 0 Å². The Kier molecular flexibility index (Phi) is 2.96. The minimum absolute atomic E-state index is 0.173. The number of H-pyrrole nitrogens is 1. The molecule has 90 valence electrons. The quantitative estimate of drug-likeness (QED) is 0.745. The summed E-state index contributed by atoms with van der Waals surface area (Å²) in [5.41, 5.74) is 3.51. The number of oxazole rings is 1. The van der Waals surface area contributed by atoms with Gasteiger partial charge < -0.3 is 9.40 Å². The van der Waals surface area contributed by atoms with Crippen LogP contribution in [0.1, 0.15) is 32.0 Å². The van der Waals surface area contributed by atoms with Crippen molar-refractivity contribution in [2.75, 3.05) is 0 Å². The first-order valence-electron chi connectivity index (χ1n) is 5.68. The molecule has 2 aromatic rings. The van der Waals surface area contributed by atoms with Gasteiger partial charge in [-0.3, -0.25) is 0 Å². The Hall–Kier alpha value is -1.35. The number of benzene rings is 1. The monoisotopic (exact) mass is 247 g/mol. The second-order valence-electron chi connectivity index (χ2n) is 5.30. The molecule has 17 heavy (non-hydrogen) atoms. The molecule has 0 aliphatic rings. The first-order chi connectivity index (χ1) is 7.88. The van der Waals surface area contributed by atoms with Gasteiger partial charge >= 0.3 is 0 Å². The Labute approximate surface area is 107 Å². The Morgan fingerprint density at radius 3 is 2.12 bits per heavy atom. The highest BCUT2D eigenvalue weighted by Gasteiger charge is 2.14. The topological polar surface area (TPSA) is 28.9 Å². The zero-order valence-corrected chi connectivity index (χ0v) is 11.4. The van der Waals surface area contributed by atoms with E-state index in [2.05, 4.69) is 50.0 Å². The highest BCUT2D eigenvalue weighted by Crippen LogP contribution is 2.27. The molecule has 0 radical (unpaired) electrons. The third kappa shape index (κ3) is 2.50. The number of rotatable bonds is 1. The Morgan fingerprint density at radius 2 is 1.71 bits per heavy atom. The summed E-state index contributed by atoms with van der Waals surface area (Å²) in [6.45, 7) is 8.58. The minimum Gasteiger partial charge on any atom is -0.429 e. The molecular weight excluding hydrogens is 230 g/mol. The van der Waals surface area contributed by atoms with Crippen molar-refractivity contribution in [1.29, 1.82) is 0 Å². The van der Waals surface area contributed by atoms with E-state index in [4.69, 9.17) is 16.6 Å². The normalized spacial score (nSPS) is 11.8. The molecule has 1 heterocycles. The van der Waals surface area contributed by atoms with Gasteiger partial charge in [-0.1, -0.05) is 45.0 Å². The third-order valence-electron chi connectivity index (χ3n) is 2.84. The van der Waals surface area contributed by atoms with Crippen LogP contribution >= 0.6 is 12.2 Å². The summed E-state index contributed by atoms with van der Waals surface area (Å²) < 4.78 is 5.49. The van der Waals surface area contributed by atoms with E-state index in [-0.39, 0.29) is 5.41 Å². The molecule has 0 aliphatic carbocycles. The Balaban J connectivity index is 2.43. The van der Waals surface area contributed by atoms with Crippen LogP contribution in [0.2, 0.25) is 0 Å². The summed E-state index contributed by atoms with van der Waals surface area (Å²) in [5.74, 6) is 0.829. The van der Waals surface area contributed by atoms with E-state index in [9.17, 15) is 0 Å². The molecule has 0 spiro atoms. The maximum atomic E-state index is 5.49. The van der Waals surface area contributed by atoms with Crippen molar-refractivity contribution in [1.82, 2.24) is 4.98 Å². The molecule has 1 aromatic heterocycles. The van der Waals surface area contributed by atoms with E-state index in [0.29, 0.717) is 4.84 Å². The van der Waals surface area contributed by atoms with E-state index in [1.165, 1.54) is 5.56 Å². The summed E-state index contributed by atoms with van der Waals surface area (Å²) in [4.78, 5) is 3.43. The number of nitrogens with one attached hydrogen (secondary N) is 1. The van der Waals surface area contributed by atoms with Crippen molar-refractivity contribution in [3.05, 3.63) is 40.4 Å². The maximum absolute atomic E-state index is 5.49. The van der Waals surface area contributed by atoms with E-state index in [1.54, 1.807) is 0 Å². The first kappa shape index (κ1) is 12.1. The van der Waals surface area contributed by atoms with Crippen LogP contribution in [-0.2, 0) is 5.41 Å². The van der Waals surface area contributed by atoms with Crippen molar-refractivity contribution in [2.45, 2.75) is 33.1 Å². The summed E-state index contributed by atoms with van der Waals surface area (Å²) in [6.07, 6.45) is 0. The van der Waals surface area contributed by atoms with E-state index >= 15 is 0 Å². The first-order valence-corrected chi connectivity index (χ1v) is 6.09. The van der Waals surface area contributed by atoms with Crippen LogP contribution in [0.3, 0.4) is 0 Å². The number of aromatic amines is 1. The lowest BCUT2D eigenvalue weighted by atomic mass is 9.86. The maximum Gasteiger partial charge on any atom is 0.266 e. The molecule has 2 rings (SSSR count). The Morgan fingerprint density at radius 1 is 1.12 bits per heavy atom. The lowest BCUT2D eigenvalue weighted by Crippen LogP contribution is -2.10. The third-order valence-corrected chi connectivity index (χ3v) is 3.02. The molecule has 2 nitrogen and oxygen atoms in total. The second-order valence-corrected chi connectivity index (χ2v) is 5.67. The standard InChI is InChI=1S/C14H17NOS/c1-9-12(16-13(17)15-9)10-5-7-11(8-6-10)14(2,3)4/h5-8H,1-4H3,(H,15,17). The van der Waals surface area contributed by atoms with Crippen molar-refractivity contribution < 1.29 is 4.42 Å². The summed E-state index contributed by atoms with van der Waals surface area (Å²) in [6, 6.07) is 8.44. The SMILES string of the molecule is Cc1[nH]c(=S)oc1-c1ccc(C(C)(C)C)cc1. The van der Waals surface area contributed by atoms with Crippen molar-refractivity contribution in [2.24, 2.45) is 0 Å². The largest absolute Gasteiger partial charge is 0.429 e. The Bertz CT molecular complexity index is 570. The fourth-order valence-electron chi connectivity index (χ4n) is 1.80. The fraction of sp³-hybridized carbons (Fsp3) is 0.357. The van der Waals surface area contributed by atoms with Crippen LogP contribution in [-0.4, -0.2) is 4.98 Å². The van der Waals surface area contributed by atoms with Gasteiger partial charge in [-0.15, -0.1) is 0 Å². The van der Waals surface area contributed by atoms with Gasteiger partial charge in [-0.05, 0) is 30.1 Å². The minimum atomic E-state index is 0.173. The molecule has 1 N–H and O–H groups in total. The number of aryl methyl sites for hydroxylation is 1. The highest BCUT2D eigenvalue weighted by molar-refractivity contribution is 7.71. The predicted molar refractivity (Wildman–Crippen MR) is 72.8 cm³/mol. The lowest BCUT2D eigenvalue weighted by molar-refractivity contribution is 0.553. The van der Waals surface area contributed by atoms with E-state index < -0.39 is 0 Å². The highest BCUT2D eigenvalue weighted by atomic mass is 32.1. The summed E-state index contributed by atoms with van der Waals surface area (Å²) >= 11 is 4.98. The molecule has 3 heteroatoms. The van der Waals surface area contributed by atoms with Crippen LogP contribution in [0.25, 0.3) is 11.3 Å². The molecule has 0 aliphatic heterocycles. The van der Waals surface area contributed by atoms with Crippen molar-refractivity contribution >= 4 is 12.2 Å². The van der Waals surface area contributed by atoms with Gasteiger partial charge in [0.1, 0.15) is 0 Å². The molecular formula is C14H17NOS. The number of hydrogen-bond donors (Lipinski definition) is 1. The van der Waals surface area contributed by atoms with Gasteiger partial charge in [0.05, 0.1) is 5.69 Å². The average molecular weight is 247 g/mol. The van der Waals surface area contributed by atoms with E-state index in [0.717, 1.165) is 17.0 Å². The summed E-state index contributed by atoms with van der Waals surface area (Å²) in [7, 11) is 0. The van der Waals surface area contributed by atoms with Gasteiger partial charge in [0.2, 0.25) is 0 Å². The van der Waals surface area contributed by atoms with Crippen LogP contribution < -0.4 is 0 Å². The van der Waals surface area contributed by atoms with Gasteiger partial charge in [-0.2, -0.15) is 0 Å². The number of hydrogen-bond acceptors (Lipinski definition) is 2. The molecule has 0 bridgehead atoms. The smallest absolute Gasteiger partial charge is 0.266 e. The van der Waals surface area contributed by atoms with E-state index in [1.807, 2.05) is 6.92 Å². The zero-order chi connectivity index (χ0) is 12.6. The molecule has 0 amide bonds.